The van der Waals surface area contributed by atoms with Crippen LogP contribution < -0.4 is 14.8 Å². The molecule has 1 N–H and O–H groups in total. The van der Waals surface area contributed by atoms with E-state index in [2.05, 4.69) is 5.32 Å². The summed E-state index contributed by atoms with van der Waals surface area (Å²) in [5, 5.41) is 14.3. The third-order valence-corrected chi connectivity index (χ3v) is 6.58. The maximum absolute atomic E-state index is 13.7. The number of rotatable bonds is 13. The zero-order valence-electron chi connectivity index (χ0n) is 22.8. The van der Waals surface area contributed by atoms with Crippen LogP contribution in [0, 0.1) is 17.0 Å². The number of carbonyl (C=O) groups excluding carboxylic acids is 2. The lowest BCUT2D eigenvalue weighted by Gasteiger charge is -2.32. The summed E-state index contributed by atoms with van der Waals surface area (Å²) in [7, 11) is 1.32. The van der Waals surface area contributed by atoms with Gasteiger partial charge in [-0.15, -0.1) is 0 Å². The lowest BCUT2D eigenvalue weighted by Crippen LogP contribution is -2.53. The van der Waals surface area contributed by atoms with Crippen molar-refractivity contribution < 1.29 is 24.0 Å². The Morgan fingerprint density at radius 2 is 1.74 bits per heavy atom. The number of aryl methyl sites for hydroxylation is 1. The first-order valence-corrected chi connectivity index (χ1v) is 12.9. The van der Waals surface area contributed by atoms with Gasteiger partial charge < -0.3 is 19.7 Å². The molecule has 2 unspecified atom stereocenters. The molecule has 0 aromatic heterocycles. The summed E-state index contributed by atoms with van der Waals surface area (Å²) in [5.41, 5.74) is 2.63. The van der Waals surface area contributed by atoms with E-state index in [-0.39, 0.29) is 42.3 Å². The summed E-state index contributed by atoms with van der Waals surface area (Å²) >= 11 is 0. The van der Waals surface area contributed by atoms with E-state index < -0.39 is 16.9 Å². The van der Waals surface area contributed by atoms with Gasteiger partial charge in [0, 0.05) is 31.1 Å². The van der Waals surface area contributed by atoms with Gasteiger partial charge in [0.05, 0.1) is 12.0 Å². The SMILES string of the molecule is CCC(C)NC(=O)C(Cc1ccccc1)N(Cc1ccccc1C)C(=O)COc1ccc([N+](=O)[O-])c(OC)c1. The molecule has 9 heteroatoms. The highest BCUT2D eigenvalue weighted by Gasteiger charge is 2.31. The molecular weight excluding hydrogens is 498 g/mol. The standard InChI is InChI=1S/C30H35N3O6/c1-5-22(3)31-30(35)27(17-23-12-7-6-8-13-23)32(19-24-14-10-9-11-21(24)2)29(34)20-39-25-15-16-26(33(36)37)28(18-25)38-4/h6-16,18,22,27H,5,17,19-20H2,1-4H3,(H,31,35). The predicted molar refractivity (Wildman–Crippen MR) is 149 cm³/mol. The topological polar surface area (TPSA) is 111 Å². The Kier molecular flexibility index (Phi) is 10.4. The molecule has 0 radical (unpaired) electrons. The van der Waals surface area contributed by atoms with E-state index >= 15 is 0 Å². The van der Waals surface area contributed by atoms with Crippen LogP contribution in [0.3, 0.4) is 0 Å². The van der Waals surface area contributed by atoms with E-state index in [9.17, 15) is 19.7 Å². The van der Waals surface area contributed by atoms with Crippen molar-refractivity contribution in [3.8, 4) is 11.5 Å². The van der Waals surface area contributed by atoms with Crippen molar-refractivity contribution in [3.63, 3.8) is 0 Å². The predicted octanol–water partition coefficient (Wildman–Crippen LogP) is 4.85. The van der Waals surface area contributed by atoms with Crippen LogP contribution in [0.4, 0.5) is 5.69 Å². The van der Waals surface area contributed by atoms with Crippen LogP contribution in [0.2, 0.25) is 0 Å². The molecule has 0 aliphatic heterocycles. The van der Waals surface area contributed by atoms with Crippen LogP contribution in [-0.4, -0.2) is 47.4 Å². The molecule has 2 atom stereocenters. The van der Waals surface area contributed by atoms with Gasteiger partial charge in [-0.1, -0.05) is 61.5 Å². The van der Waals surface area contributed by atoms with Crippen molar-refractivity contribution >= 4 is 17.5 Å². The zero-order valence-corrected chi connectivity index (χ0v) is 22.8. The van der Waals surface area contributed by atoms with Crippen LogP contribution in [-0.2, 0) is 22.6 Å². The Morgan fingerprint density at radius 1 is 1.05 bits per heavy atom. The van der Waals surface area contributed by atoms with Gasteiger partial charge in [0.25, 0.3) is 5.91 Å². The minimum atomic E-state index is -0.788. The van der Waals surface area contributed by atoms with Crippen molar-refractivity contribution in [2.24, 2.45) is 0 Å². The second-order valence-corrected chi connectivity index (χ2v) is 9.35. The molecule has 39 heavy (non-hydrogen) atoms. The molecule has 3 rings (SSSR count). The van der Waals surface area contributed by atoms with Gasteiger partial charge in [-0.2, -0.15) is 0 Å². The lowest BCUT2D eigenvalue weighted by atomic mass is 10.0. The van der Waals surface area contributed by atoms with Crippen molar-refractivity contribution in [3.05, 3.63) is 99.6 Å². The van der Waals surface area contributed by atoms with Gasteiger partial charge in [0.1, 0.15) is 11.8 Å². The van der Waals surface area contributed by atoms with Crippen LogP contribution in [0.25, 0.3) is 0 Å². The molecule has 3 aromatic carbocycles. The maximum Gasteiger partial charge on any atom is 0.311 e. The van der Waals surface area contributed by atoms with Crippen molar-refractivity contribution in [1.82, 2.24) is 10.2 Å². The number of methoxy groups -OCH3 is 1. The van der Waals surface area contributed by atoms with Gasteiger partial charge in [0.2, 0.25) is 11.7 Å². The first-order valence-electron chi connectivity index (χ1n) is 12.9. The molecule has 9 nitrogen and oxygen atoms in total. The summed E-state index contributed by atoms with van der Waals surface area (Å²) in [6, 6.07) is 20.5. The molecule has 3 aromatic rings. The van der Waals surface area contributed by atoms with Crippen molar-refractivity contribution in [2.45, 2.75) is 52.2 Å². The first kappa shape index (κ1) is 29.2. The summed E-state index contributed by atoms with van der Waals surface area (Å²) in [5.74, 6) is -0.371. The fourth-order valence-electron chi connectivity index (χ4n) is 4.09. The summed E-state index contributed by atoms with van der Waals surface area (Å²) < 4.78 is 10.9. The van der Waals surface area contributed by atoms with Gasteiger partial charge in [-0.05, 0) is 43.0 Å². The average molecular weight is 534 g/mol. The summed E-state index contributed by atoms with van der Waals surface area (Å²) in [6.07, 6.45) is 1.08. The van der Waals surface area contributed by atoms with Crippen molar-refractivity contribution in [2.75, 3.05) is 13.7 Å². The smallest absolute Gasteiger partial charge is 0.311 e. The summed E-state index contributed by atoms with van der Waals surface area (Å²) in [4.78, 5) is 39.5. The second-order valence-electron chi connectivity index (χ2n) is 9.35. The third-order valence-electron chi connectivity index (χ3n) is 6.58. The number of benzene rings is 3. The summed E-state index contributed by atoms with van der Waals surface area (Å²) in [6.45, 7) is 5.72. The van der Waals surface area contributed by atoms with E-state index in [1.807, 2.05) is 75.4 Å². The number of nitrogens with one attached hydrogen (secondary N) is 1. The highest BCUT2D eigenvalue weighted by Crippen LogP contribution is 2.31. The van der Waals surface area contributed by atoms with E-state index in [1.165, 1.54) is 25.3 Å². The van der Waals surface area contributed by atoms with E-state index in [0.29, 0.717) is 6.42 Å². The van der Waals surface area contributed by atoms with Gasteiger partial charge in [-0.25, -0.2) is 0 Å². The van der Waals surface area contributed by atoms with Crippen LogP contribution in [0.15, 0.2) is 72.8 Å². The second kappa shape index (κ2) is 13.9. The zero-order chi connectivity index (χ0) is 28.4. The normalized spacial score (nSPS) is 12.2. The molecule has 0 saturated heterocycles. The molecule has 0 saturated carbocycles. The molecule has 0 aliphatic rings. The molecule has 0 fully saturated rings. The average Bonchev–Trinajstić information content (AvgIpc) is 2.94. The molecular formula is C30H35N3O6. The van der Waals surface area contributed by atoms with Gasteiger partial charge in [-0.3, -0.25) is 19.7 Å². The molecule has 0 spiro atoms. The number of carbonyl (C=O) groups is 2. The third kappa shape index (κ3) is 8.04. The van der Waals surface area contributed by atoms with Crippen LogP contribution >= 0.6 is 0 Å². The van der Waals surface area contributed by atoms with Crippen molar-refractivity contribution in [1.29, 1.82) is 0 Å². The Labute approximate surface area is 228 Å². The van der Waals surface area contributed by atoms with E-state index in [0.717, 1.165) is 23.1 Å². The largest absolute Gasteiger partial charge is 0.490 e. The number of amides is 2. The Bertz CT molecular complexity index is 1280. The fourth-order valence-corrected chi connectivity index (χ4v) is 4.09. The minimum Gasteiger partial charge on any atom is -0.490 e. The highest BCUT2D eigenvalue weighted by molar-refractivity contribution is 5.88. The Hall–Kier alpha value is -4.40. The fraction of sp³-hybridized carbons (Fsp3) is 0.333. The molecule has 0 aliphatic carbocycles. The first-order chi connectivity index (χ1) is 18.7. The molecule has 2 amide bonds. The Balaban J connectivity index is 1.93. The molecule has 206 valence electrons. The van der Waals surface area contributed by atoms with Crippen LogP contribution in [0.1, 0.15) is 37.0 Å². The molecule has 0 bridgehead atoms. The Morgan fingerprint density at radius 3 is 2.38 bits per heavy atom. The number of nitro groups is 1. The quantitative estimate of drug-likeness (QED) is 0.249. The number of hydrogen-bond acceptors (Lipinski definition) is 6. The molecule has 0 heterocycles. The lowest BCUT2D eigenvalue weighted by molar-refractivity contribution is -0.385. The van der Waals surface area contributed by atoms with Gasteiger partial charge in [0.15, 0.2) is 6.61 Å². The highest BCUT2D eigenvalue weighted by atomic mass is 16.6. The van der Waals surface area contributed by atoms with E-state index in [1.54, 1.807) is 4.90 Å². The van der Waals surface area contributed by atoms with Crippen LogP contribution in [0.5, 0.6) is 11.5 Å². The number of ether oxygens (including phenoxy) is 2. The minimum absolute atomic E-state index is 0.0246. The number of nitrogens with zero attached hydrogens (tertiary/aromatic N) is 2. The van der Waals surface area contributed by atoms with Gasteiger partial charge >= 0.3 is 5.69 Å². The number of hydrogen-bond donors (Lipinski definition) is 1. The maximum atomic E-state index is 13.7. The monoisotopic (exact) mass is 533 g/mol. The number of nitro benzene ring substituents is 1. The van der Waals surface area contributed by atoms with E-state index in [4.69, 9.17) is 9.47 Å².